The van der Waals surface area contributed by atoms with Crippen LogP contribution in [-0.2, 0) is 6.42 Å². The first-order valence-electron chi connectivity index (χ1n) is 7.00. The second-order valence-electron chi connectivity index (χ2n) is 4.74. The average Bonchev–Trinajstić information content (AvgIpc) is 3.09. The van der Waals surface area contributed by atoms with E-state index < -0.39 is 0 Å². The summed E-state index contributed by atoms with van der Waals surface area (Å²) in [5.74, 6) is -0.143. The molecule has 0 unspecified atom stereocenters. The highest BCUT2D eigenvalue weighted by Gasteiger charge is 2.13. The van der Waals surface area contributed by atoms with Gasteiger partial charge in [-0.15, -0.1) is 11.3 Å². The number of hydrogen-bond donors (Lipinski definition) is 1. The molecule has 2 aromatic heterocycles. The molecule has 0 aliphatic heterocycles. The van der Waals surface area contributed by atoms with Gasteiger partial charge in [0.1, 0.15) is 6.33 Å². The molecule has 110 valence electrons. The summed E-state index contributed by atoms with van der Waals surface area (Å²) >= 11 is 1.69. The van der Waals surface area contributed by atoms with Crippen molar-refractivity contribution in [3.63, 3.8) is 0 Å². The van der Waals surface area contributed by atoms with Gasteiger partial charge in [0.2, 0.25) is 0 Å². The molecule has 0 saturated carbocycles. The Labute approximate surface area is 132 Å². The topological polar surface area (TPSA) is 54.9 Å². The Kier molecular flexibility index (Phi) is 4.56. The number of nitrogens with zero attached hydrogens (tertiary/aromatic N) is 2. The lowest BCUT2D eigenvalue weighted by Gasteiger charge is -2.08. The minimum Gasteiger partial charge on any atom is -0.352 e. The van der Waals surface area contributed by atoms with Gasteiger partial charge in [0.25, 0.3) is 5.91 Å². The van der Waals surface area contributed by atoms with E-state index >= 15 is 0 Å². The van der Waals surface area contributed by atoms with Gasteiger partial charge in [0, 0.05) is 23.2 Å². The van der Waals surface area contributed by atoms with Crippen LogP contribution in [0.5, 0.6) is 0 Å². The van der Waals surface area contributed by atoms with Crippen LogP contribution in [0.2, 0.25) is 0 Å². The Bertz CT molecular complexity index is 742. The normalized spacial score (nSPS) is 10.4. The van der Waals surface area contributed by atoms with E-state index in [0.29, 0.717) is 17.8 Å². The van der Waals surface area contributed by atoms with Gasteiger partial charge in [-0.1, -0.05) is 36.4 Å². The van der Waals surface area contributed by atoms with E-state index in [9.17, 15) is 4.79 Å². The zero-order valence-electron chi connectivity index (χ0n) is 11.9. The van der Waals surface area contributed by atoms with E-state index in [-0.39, 0.29) is 5.91 Å². The summed E-state index contributed by atoms with van der Waals surface area (Å²) in [6.45, 7) is 0.600. The molecular formula is C17H15N3OS. The van der Waals surface area contributed by atoms with Crippen LogP contribution >= 0.6 is 11.3 Å². The molecule has 22 heavy (non-hydrogen) atoms. The lowest BCUT2D eigenvalue weighted by Crippen LogP contribution is -2.26. The highest BCUT2D eigenvalue weighted by Crippen LogP contribution is 2.19. The van der Waals surface area contributed by atoms with Crippen LogP contribution in [0, 0.1) is 0 Å². The first-order valence-corrected chi connectivity index (χ1v) is 7.88. The largest absolute Gasteiger partial charge is 0.352 e. The van der Waals surface area contributed by atoms with Crippen molar-refractivity contribution in [2.24, 2.45) is 0 Å². The fourth-order valence-electron chi connectivity index (χ4n) is 2.17. The van der Waals surface area contributed by atoms with E-state index in [1.165, 1.54) is 11.2 Å². The molecule has 0 fully saturated rings. The van der Waals surface area contributed by atoms with E-state index in [2.05, 4.69) is 21.4 Å². The van der Waals surface area contributed by atoms with E-state index in [4.69, 9.17) is 0 Å². The molecular weight excluding hydrogens is 294 g/mol. The van der Waals surface area contributed by atoms with Gasteiger partial charge in [-0.3, -0.25) is 4.79 Å². The minimum absolute atomic E-state index is 0.143. The highest BCUT2D eigenvalue weighted by atomic mass is 32.1. The van der Waals surface area contributed by atoms with Crippen molar-refractivity contribution >= 4 is 17.2 Å². The number of thiophene rings is 1. The zero-order chi connectivity index (χ0) is 15.2. The van der Waals surface area contributed by atoms with E-state index in [1.54, 1.807) is 17.5 Å². The van der Waals surface area contributed by atoms with Gasteiger partial charge in [0.15, 0.2) is 0 Å². The Balaban J connectivity index is 1.72. The van der Waals surface area contributed by atoms with Crippen LogP contribution in [0.3, 0.4) is 0 Å². The maximum Gasteiger partial charge on any atom is 0.255 e. The number of benzene rings is 1. The smallest absolute Gasteiger partial charge is 0.255 e. The summed E-state index contributed by atoms with van der Waals surface area (Å²) in [5, 5.41) is 4.97. The maximum atomic E-state index is 12.4. The molecule has 1 aromatic carbocycles. The lowest BCUT2D eigenvalue weighted by atomic mass is 10.1. The number of aromatic nitrogens is 2. The Morgan fingerprint density at radius 1 is 1.14 bits per heavy atom. The number of rotatable bonds is 5. The predicted molar refractivity (Wildman–Crippen MR) is 87.8 cm³/mol. The number of hydrogen-bond acceptors (Lipinski definition) is 4. The summed E-state index contributed by atoms with van der Waals surface area (Å²) in [6, 6.07) is 13.7. The second-order valence-corrected chi connectivity index (χ2v) is 5.77. The first kappa shape index (κ1) is 14.4. The van der Waals surface area contributed by atoms with Crippen LogP contribution in [0.1, 0.15) is 15.2 Å². The molecule has 0 spiro atoms. The third kappa shape index (κ3) is 3.38. The van der Waals surface area contributed by atoms with Crippen LogP contribution in [0.25, 0.3) is 11.3 Å². The minimum atomic E-state index is -0.143. The van der Waals surface area contributed by atoms with Crippen molar-refractivity contribution in [2.45, 2.75) is 6.42 Å². The Hall–Kier alpha value is -2.53. The molecule has 3 aromatic rings. The SMILES string of the molecule is O=C(NCCc1cccs1)c1cncnc1-c1ccccc1. The van der Waals surface area contributed by atoms with Crippen LogP contribution in [-0.4, -0.2) is 22.4 Å². The third-order valence-corrected chi connectivity index (χ3v) is 4.18. The molecule has 2 heterocycles. The summed E-state index contributed by atoms with van der Waals surface area (Å²) in [5.41, 5.74) is 2.07. The molecule has 0 radical (unpaired) electrons. The standard InChI is InChI=1S/C17H15N3OS/c21-17(19-9-8-14-7-4-10-22-14)15-11-18-12-20-16(15)13-5-2-1-3-6-13/h1-7,10-12H,8-9H2,(H,19,21). The van der Waals surface area contributed by atoms with Gasteiger partial charge >= 0.3 is 0 Å². The van der Waals surface area contributed by atoms with Gasteiger partial charge in [0.05, 0.1) is 11.3 Å². The van der Waals surface area contributed by atoms with E-state index in [0.717, 1.165) is 12.0 Å². The van der Waals surface area contributed by atoms with Crippen molar-refractivity contribution in [3.05, 3.63) is 70.8 Å². The molecule has 4 nitrogen and oxygen atoms in total. The highest BCUT2D eigenvalue weighted by molar-refractivity contribution is 7.09. The fourth-order valence-corrected chi connectivity index (χ4v) is 2.88. The average molecular weight is 309 g/mol. The van der Waals surface area contributed by atoms with Crippen LogP contribution in [0.4, 0.5) is 0 Å². The first-order chi connectivity index (χ1) is 10.8. The van der Waals surface area contributed by atoms with Gasteiger partial charge in [-0.2, -0.15) is 0 Å². The molecule has 1 amide bonds. The fraction of sp³-hybridized carbons (Fsp3) is 0.118. The molecule has 3 rings (SSSR count). The van der Waals surface area contributed by atoms with Crippen molar-refractivity contribution < 1.29 is 4.79 Å². The molecule has 1 N–H and O–H groups in total. The van der Waals surface area contributed by atoms with Crippen LogP contribution in [0.15, 0.2) is 60.4 Å². The molecule has 0 aliphatic rings. The van der Waals surface area contributed by atoms with Gasteiger partial charge in [-0.05, 0) is 17.9 Å². The van der Waals surface area contributed by atoms with Crippen molar-refractivity contribution in [1.29, 1.82) is 0 Å². The van der Waals surface area contributed by atoms with Gasteiger partial charge < -0.3 is 5.32 Å². The molecule has 0 saturated heterocycles. The number of carbonyl (C=O) groups excluding carboxylic acids is 1. The number of amides is 1. The molecule has 0 aliphatic carbocycles. The van der Waals surface area contributed by atoms with E-state index in [1.807, 2.05) is 41.8 Å². The van der Waals surface area contributed by atoms with Crippen LogP contribution < -0.4 is 5.32 Å². The van der Waals surface area contributed by atoms with Gasteiger partial charge in [-0.25, -0.2) is 9.97 Å². The molecule has 0 atom stereocenters. The second kappa shape index (κ2) is 6.95. The summed E-state index contributed by atoms with van der Waals surface area (Å²) in [6.07, 6.45) is 3.86. The molecule has 5 heteroatoms. The lowest BCUT2D eigenvalue weighted by molar-refractivity contribution is 0.0954. The quantitative estimate of drug-likeness (QED) is 0.787. The summed E-state index contributed by atoms with van der Waals surface area (Å²) in [4.78, 5) is 21.9. The Morgan fingerprint density at radius 3 is 2.77 bits per heavy atom. The Morgan fingerprint density at radius 2 is 2.00 bits per heavy atom. The third-order valence-electron chi connectivity index (χ3n) is 3.24. The monoisotopic (exact) mass is 309 g/mol. The maximum absolute atomic E-state index is 12.4. The van der Waals surface area contributed by atoms with Crippen molar-refractivity contribution in [2.75, 3.05) is 6.54 Å². The molecule has 0 bridgehead atoms. The summed E-state index contributed by atoms with van der Waals surface area (Å²) < 4.78 is 0. The number of carbonyl (C=O) groups is 1. The zero-order valence-corrected chi connectivity index (χ0v) is 12.7. The van der Waals surface area contributed by atoms with Crippen molar-refractivity contribution in [3.8, 4) is 11.3 Å². The number of nitrogens with one attached hydrogen (secondary N) is 1. The predicted octanol–water partition coefficient (Wildman–Crippen LogP) is 3.18. The summed E-state index contributed by atoms with van der Waals surface area (Å²) in [7, 11) is 0. The van der Waals surface area contributed by atoms with Crippen molar-refractivity contribution in [1.82, 2.24) is 15.3 Å².